The molecule has 3 aromatic rings. The first-order valence-electron chi connectivity index (χ1n) is 12.9. The summed E-state index contributed by atoms with van der Waals surface area (Å²) >= 11 is 6.34. The molecule has 2 unspecified atom stereocenters. The summed E-state index contributed by atoms with van der Waals surface area (Å²) in [7, 11) is 1.54. The van der Waals surface area contributed by atoms with Crippen LogP contribution in [0.25, 0.3) is 10.9 Å². The number of aryl methyl sites for hydroxylation is 1. The van der Waals surface area contributed by atoms with Gasteiger partial charge in [0.2, 0.25) is 11.7 Å². The van der Waals surface area contributed by atoms with Crippen molar-refractivity contribution in [1.29, 1.82) is 0 Å². The van der Waals surface area contributed by atoms with Crippen LogP contribution in [-0.4, -0.2) is 63.3 Å². The van der Waals surface area contributed by atoms with Gasteiger partial charge in [0.25, 0.3) is 11.5 Å². The van der Waals surface area contributed by atoms with Crippen molar-refractivity contribution in [2.24, 2.45) is 18.9 Å². The summed E-state index contributed by atoms with van der Waals surface area (Å²) in [6.07, 6.45) is 0.773. The monoisotopic (exact) mass is 582 g/mol. The van der Waals surface area contributed by atoms with Gasteiger partial charge in [-0.05, 0) is 37.0 Å². The number of hydrogen-bond acceptors (Lipinski definition) is 8. The van der Waals surface area contributed by atoms with Crippen LogP contribution in [0.15, 0.2) is 29.2 Å². The number of fused-ring (bicyclic) bond motifs is 3. The van der Waals surface area contributed by atoms with Gasteiger partial charge in [0.05, 0.1) is 30.0 Å². The molecule has 40 heavy (non-hydrogen) atoms. The normalized spacial score (nSPS) is 25.5. The lowest BCUT2D eigenvalue weighted by Gasteiger charge is -2.40. The van der Waals surface area contributed by atoms with E-state index >= 15 is 0 Å². The highest BCUT2D eigenvalue weighted by Crippen LogP contribution is 2.45. The van der Waals surface area contributed by atoms with Crippen molar-refractivity contribution in [3.63, 3.8) is 0 Å². The van der Waals surface area contributed by atoms with Gasteiger partial charge in [-0.3, -0.25) is 4.79 Å². The Morgan fingerprint density at radius 3 is 2.67 bits per heavy atom. The summed E-state index contributed by atoms with van der Waals surface area (Å²) in [6, 6.07) is 3.83. The fourth-order valence-electron chi connectivity index (χ4n) is 5.37. The Bertz CT molecular complexity index is 1540. The lowest BCUT2D eigenvalue weighted by Crippen LogP contribution is -2.56. The largest absolute Gasteiger partial charge is 0.480 e. The quantitative estimate of drug-likeness (QED) is 0.389. The molecule has 2 aliphatic heterocycles. The van der Waals surface area contributed by atoms with Crippen molar-refractivity contribution in [2.45, 2.75) is 43.8 Å². The zero-order chi connectivity index (χ0) is 28.6. The van der Waals surface area contributed by atoms with Crippen molar-refractivity contribution >= 4 is 45.6 Å². The topological polar surface area (TPSA) is 105 Å². The molecule has 1 saturated heterocycles. The maximum absolute atomic E-state index is 14.9. The predicted molar refractivity (Wildman–Crippen MR) is 142 cm³/mol. The minimum atomic E-state index is -3.23. The Kier molecular flexibility index (Phi) is 6.30. The van der Waals surface area contributed by atoms with E-state index in [0.29, 0.717) is 29.4 Å². The zero-order valence-corrected chi connectivity index (χ0v) is 22.4. The molecule has 3 N–H and O–H groups in total. The number of benzene rings is 1. The van der Waals surface area contributed by atoms with Crippen molar-refractivity contribution in [3.8, 4) is 5.75 Å². The molecule has 0 bridgehead atoms. The molecular formula is C26H27ClF4N6O3. The van der Waals surface area contributed by atoms with Crippen molar-refractivity contribution < 1.29 is 27.4 Å². The summed E-state index contributed by atoms with van der Waals surface area (Å²) in [5.74, 6) is -7.64. The van der Waals surface area contributed by atoms with Gasteiger partial charge < -0.3 is 29.9 Å². The maximum Gasteiger partial charge on any atom is 0.301 e. The van der Waals surface area contributed by atoms with Gasteiger partial charge in [-0.1, -0.05) is 18.5 Å². The Balaban J connectivity index is 1.36. The molecule has 214 valence electrons. The number of aliphatic hydroxyl groups excluding tert-OH is 1. The Labute approximate surface area is 231 Å². The Morgan fingerprint density at radius 2 is 1.98 bits per heavy atom. The summed E-state index contributed by atoms with van der Waals surface area (Å²) in [5.41, 5.74) is 0.633. The summed E-state index contributed by atoms with van der Waals surface area (Å²) in [5, 5.41) is 16.6. The summed E-state index contributed by atoms with van der Waals surface area (Å²) in [4.78, 5) is 23.0. The molecule has 9 nitrogen and oxygen atoms in total. The highest BCUT2D eigenvalue weighted by Gasteiger charge is 2.51. The minimum absolute atomic E-state index is 0.0697. The lowest BCUT2D eigenvalue weighted by atomic mass is 9.93. The van der Waals surface area contributed by atoms with Gasteiger partial charge >= 0.3 is 5.92 Å². The van der Waals surface area contributed by atoms with E-state index < -0.39 is 42.1 Å². The van der Waals surface area contributed by atoms with E-state index in [2.05, 4.69) is 20.6 Å². The molecule has 2 aromatic heterocycles. The molecule has 1 saturated carbocycles. The second-order valence-electron chi connectivity index (χ2n) is 10.8. The molecule has 1 aliphatic carbocycles. The average Bonchev–Trinajstić information content (AvgIpc) is 3.74. The molecule has 0 radical (unpaired) electrons. The molecule has 3 atom stereocenters. The number of rotatable bonds is 4. The number of pyridine rings is 1. The molecule has 0 spiro atoms. The third-order valence-electron chi connectivity index (χ3n) is 7.88. The van der Waals surface area contributed by atoms with E-state index in [1.807, 2.05) is 0 Å². The highest BCUT2D eigenvalue weighted by atomic mass is 35.5. The summed E-state index contributed by atoms with van der Waals surface area (Å²) in [6.45, 7) is 0.0197. The zero-order valence-electron chi connectivity index (χ0n) is 21.6. The highest BCUT2D eigenvalue weighted by molar-refractivity contribution is 6.33. The molecule has 2 fully saturated rings. The number of alkyl halides is 4. The van der Waals surface area contributed by atoms with Crippen LogP contribution in [0.5, 0.6) is 5.75 Å². The van der Waals surface area contributed by atoms with E-state index in [-0.39, 0.29) is 47.2 Å². The van der Waals surface area contributed by atoms with Crippen molar-refractivity contribution in [2.75, 3.05) is 35.2 Å². The van der Waals surface area contributed by atoms with Gasteiger partial charge in [-0.25, -0.2) is 22.5 Å². The molecule has 1 aromatic carbocycles. The Morgan fingerprint density at radius 1 is 1.23 bits per heavy atom. The van der Waals surface area contributed by atoms with Crippen LogP contribution < -0.4 is 25.8 Å². The number of hydrogen-bond donors (Lipinski definition) is 3. The van der Waals surface area contributed by atoms with Crippen LogP contribution in [-0.2, 0) is 7.05 Å². The van der Waals surface area contributed by atoms with Gasteiger partial charge in [0, 0.05) is 30.6 Å². The van der Waals surface area contributed by atoms with E-state index in [1.165, 1.54) is 29.6 Å². The first-order valence-corrected chi connectivity index (χ1v) is 13.3. The molecule has 14 heteroatoms. The number of aliphatic hydroxyl groups is 1. The van der Waals surface area contributed by atoms with Crippen LogP contribution in [0.3, 0.4) is 0 Å². The van der Waals surface area contributed by atoms with Crippen LogP contribution in [0, 0.1) is 11.8 Å². The number of anilines is 4. The fourth-order valence-corrected chi connectivity index (χ4v) is 5.51. The Hall–Kier alpha value is -3.32. The van der Waals surface area contributed by atoms with E-state index in [9.17, 15) is 27.5 Å². The minimum Gasteiger partial charge on any atom is -0.480 e. The predicted octanol–water partition coefficient (Wildman–Crippen LogP) is 4.40. The second-order valence-corrected chi connectivity index (χ2v) is 11.2. The smallest absolute Gasteiger partial charge is 0.301 e. The maximum atomic E-state index is 14.9. The molecule has 4 heterocycles. The number of β-amino-alcohol motifs (C(OH)–C–C–N with tert-alkyl or cyclic N) is 1. The van der Waals surface area contributed by atoms with Crippen molar-refractivity contribution in [3.05, 3.63) is 39.8 Å². The number of piperidine rings is 1. The SMILES string of the molecule is CC1CN(c2ncc(Cl)c(Nc3ccc4c(c3)c3c(c(=O)n4C)OCC(F)(F)[C@H](C4CC4)N3)n2)CC(O)C1(F)F. The number of nitrogens with one attached hydrogen (secondary N) is 2. The third kappa shape index (κ3) is 4.48. The number of halogens is 5. The van der Waals surface area contributed by atoms with Gasteiger partial charge in [-0.2, -0.15) is 4.98 Å². The standard InChI is InChI=1S/C26H27ClF4N6O3/c1-12-9-37(10-18(38)26(12,30)31)24-32-8-16(27)22(35-24)33-14-5-6-17-15(7-14)19-20(23(39)36(17)2)40-11-25(28,29)21(34-19)13-3-4-13/h5-8,12-13,18,21,34,38H,3-4,9-11H2,1-2H3,(H,32,33,35)/t12?,18?,21-/m0/s1. The van der Waals surface area contributed by atoms with Crippen LogP contribution in [0.4, 0.5) is 40.7 Å². The third-order valence-corrected chi connectivity index (χ3v) is 8.15. The fraction of sp³-hybridized carbons (Fsp3) is 0.500. The molecule has 0 amide bonds. The molecule has 6 rings (SSSR count). The van der Waals surface area contributed by atoms with Crippen LogP contribution in [0.2, 0.25) is 5.02 Å². The average molecular weight is 583 g/mol. The summed E-state index contributed by atoms with van der Waals surface area (Å²) < 4.78 is 64.8. The van der Waals surface area contributed by atoms with E-state index in [0.717, 1.165) is 0 Å². The van der Waals surface area contributed by atoms with Gasteiger partial charge in [0.1, 0.15) is 11.1 Å². The first kappa shape index (κ1) is 26.9. The first-order chi connectivity index (χ1) is 18.9. The lowest BCUT2D eigenvalue weighted by molar-refractivity contribution is -0.149. The van der Waals surface area contributed by atoms with Crippen LogP contribution >= 0.6 is 11.6 Å². The number of aromatic nitrogens is 3. The van der Waals surface area contributed by atoms with Crippen molar-refractivity contribution in [1.82, 2.24) is 14.5 Å². The molecular weight excluding hydrogens is 556 g/mol. The van der Waals surface area contributed by atoms with Crippen LogP contribution in [0.1, 0.15) is 19.8 Å². The van der Waals surface area contributed by atoms with E-state index in [1.54, 1.807) is 18.2 Å². The second kappa shape index (κ2) is 9.37. The number of nitrogens with zero attached hydrogens (tertiary/aromatic N) is 4. The van der Waals surface area contributed by atoms with E-state index in [4.69, 9.17) is 16.3 Å². The number of ether oxygens (including phenoxy) is 1. The van der Waals surface area contributed by atoms with Gasteiger partial charge in [0.15, 0.2) is 12.4 Å². The van der Waals surface area contributed by atoms with Gasteiger partial charge in [-0.15, -0.1) is 0 Å². The molecule has 3 aliphatic rings.